The molecule has 6 rings (SSSR count). The highest BCUT2D eigenvalue weighted by Crippen LogP contribution is 2.50. The standard InChI is InChI=1S/C24H27N7O2/c1-15-11-20(28-30-14-16(2)26-22(15)30)19-4-3-18-21(27-19)13-25-31(23(18)33)17-5-8-29(9-10-32)24(12-17)6-7-24/h3-4,11,13-14,17,32H,5-10,12H2,1-2H3. The van der Waals surface area contributed by atoms with Crippen LogP contribution in [0.5, 0.6) is 0 Å². The minimum absolute atomic E-state index is 0.0789. The van der Waals surface area contributed by atoms with Gasteiger partial charge in [-0.25, -0.2) is 19.2 Å². The predicted molar refractivity (Wildman–Crippen MR) is 124 cm³/mol. The van der Waals surface area contributed by atoms with Gasteiger partial charge >= 0.3 is 0 Å². The molecule has 1 unspecified atom stereocenters. The Morgan fingerprint density at radius 1 is 1.18 bits per heavy atom. The molecule has 9 heteroatoms. The second-order valence-electron chi connectivity index (χ2n) is 9.47. The van der Waals surface area contributed by atoms with E-state index in [-0.39, 0.29) is 23.7 Å². The van der Waals surface area contributed by atoms with Crippen molar-refractivity contribution >= 4 is 16.6 Å². The third-order valence-electron chi connectivity index (χ3n) is 7.22. The molecule has 0 bridgehead atoms. The Hall–Kier alpha value is -3.17. The second kappa shape index (κ2) is 7.43. The topological polar surface area (TPSA) is 101 Å². The monoisotopic (exact) mass is 445 g/mol. The van der Waals surface area contributed by atoms with Gasteiger partial charge in [0.25, 0.3) is 5.56 Å². The minimum atomic E-state index is -0.0900. The van der Waals surface area contributed by atoms with E-state index in [1.54, 1.807) is 15.4 Å². The SMILES string of the molecule is Cc1cn2nc(-c3ccc4c(=O)n(C5CCN(CCO)C6(CC6)C5)ncc4n3)cc(C)c2n1. The van der Waals surface area contributed by atoms with Crippen molar-refractivity contribution in [3.63, 3.8) is 0 Å². The lowest BCUT2D eigenvalue weighted by Crippen LogP contribution is -2.47. The number of imidazole rings is 1. The van der Waals surface area contributed by atoms with Crippen LogP contribution < -0.4 is 5.56 Å². The molecule has 0 aromatic carbocycles. The Kier molecular flexibility index (Phi) is 4.60. The van der Waals surface area contributed by atoms with Gasteiger partial charge in [-0.2, -0.15) is 10.2 Å². The summed E-state index contributed by atoms with van der Waals surface area (Å²) in [5.41, 5.74) is 4.82. The van der Waals surface area contributed by atoms with Crippen molar-refractivity contribution < 1.29 is 5.11 Å². The smallest absolute Gasteiger partial charge is 0.276 e. The molecule has 1 saturated carbocycles. The molecule has 1 aliphatic carbocycles. The highest BCUT2D eigenvalue weighted by molar-refractivity contribution is 5.79. The van der Waals surface area contributed by atoms with Crippen molar-refractivity contribution in [3.8, 4) is 11.4 Å². The van der Waals surface area contributed by atoms with Crippen LogP contribution in [0.25, 0.3) is 27.9 Å². The van der Waals surface area contributed by atoms with Crippen LogP contribution in [-0.2, 0) is 0 Å². The Morgan fingerprint density at radius 2 is 2.03 bits per heavy atom. The summed E-state index contributed by atoms with van der Waals surface area (Å²) in [4.78, 5) is 24.9. The lowest BCUT2D eigenvalue weighted by Gasteiger charge is -2.40. The van der Waals surface area contributed by atoms with Gasteiger partial charge in [-0.1, -0.05) is 0 Å². The van der Waals surface area contributed by atoms with E-state index in [1.165, 1.54) is 0 Å². The molecule has 0 radical (unpaired) electrons. The van der Waals surface area contributed by atoms with Gasteiger partial charge < -0.3 is 5.11 Å². The molecule has 1 atom stereocenters. The van der Waals surface area contributed by atoms with Crippen LogP contribution in [0.4, 0.5) is 0 Å². The number of nitrogens with zero attached hydrogens (tertiary/aromatic N) is 7. The number of aliphatic hydroxyl groups excluding tert-OH is 1. The molecule has 2 fully saturated rings. The maximum atomic E-state index is 13.3. The number of aliphatic hydroxyl groups is 1. The van der Waals surface area contributed by atoms with Crippen molar-refractivity contribution in [2.75, 3.05) is 19.7 Å². The van der Waals surface area contributed by atoms with Crippen molar-refractivity contribution in [1.29, 1.82) is 0 Å². The fourth-order valence-electron chi connectivity index (χ4n) is 5.37. The first-order valence-corrected chi connectivity index (χ1v) is 11.6. The molecular weight excluding hydrogens is 418 g/mol. The van der Waals surface area contributed by atoms with Crippen molar-refractivity contribution in [2.24, 2.45) is 0 Å². The van der Waals surface area contributed by atoms with Crippen LogP contribution in [0, 0.1) is 13.8 Å². The van der Waals surface area contributed by atoms with Crippen molar-refractivity contribution in [3.05, 3.63) is 52.2 Å². The molecule has 1 spiro atoms. The van der Waals surface area contributed by atoms with Crippen LogP contribution in [0.2, 0.25) is 0 Å². The van der Waals surface area contributed by atoms with Gasteiger partial charge in [-0.05, 0) is 63.3 Å². The zero-order chi connectivity index (χ0) is 22.7. The summed E-state index contributed by atoms with van der Waals surface area (Å²) in [6.07, 6.45) is 7.62. The molecular formula is C24H27N7O2. The van der Waals surface area contributed by atoms with Crippen LogP contribution in [0.15, 0.2) is 35.4 Å². The Labute approximate surface area is 190 Å². The third kappa shape index (κ3) is 3.34. The van der Waals surface area contributed by atoms with Gasteiger partial charge in [-0.15, -0.1) is 0 Å². The van der Waals surface area contributed by atoms with Gasteiger partial charge in [0.15, 0.2) is 5.65 Å². The summed E-state index contributed by atoms with van der Waals surface area (Å²) >= 11 is 0. The number of aryl methyl sites for hydroxylation is 2. The number of rotatable bonds is 4. The summed E-state index contributed by atoms with van der Waals surface area (Å²) in [7, 11) is 0. The number of piperidine rings is 1. The fourth-order valence-corrected chi connectivity index (χ4v) is 5.37. The highest BCUT2D eigenvalue weighted by Gasteiger charge is 2.51. The van der Waals surface area contributed by atoms with Crippen LogP contribution >= 0.6 is 0 Å². The van der Waals surface area contributed by atoms with E-state index in [9.17, 15) is 9.90 Å². The zero-order valence-corrected chi connectivity index (χ0v) is 18.9. The molecule has 4 aromatic rings. The van der Waals surface area contributed by atoms with Gasteiger partial charge in [0, 0.05) is 18.6 Å². The van der Waals surface area contributed by atoms with E-state index in [4.69, 9.17) is 4.98 Å². The summed E-state index contributed by atoms with van der Waals surface area (Å²) in [6, 6.07) is 5.75. The molecule has 9 nitrogen and oxygen atoms in total. The fraction of sp³-hybridized carbons (Fsp3) is 0.458. The van der Waals surface area contributed by atoms with Crippen molar-refractivity contribution in [2.45, 2.75) is 51.1 Å². The molecule has 5 heterocycles. The average molecular weight is 446 g/mol. The molecule has 1 aliphatic heterocycles. The third-order valence-corrected chi connectivity index (χ3v) is 7.22. The lowest BCUT2D eigenvalue weighted by molar-refractivity contribution is 0.0723. The number of fused-ring (bicyclic) bond motifs is 2. The predicted octanol–water partition coefficient (Wildman–Crippen LogP) is 2.28. The first-order chi connectivity index (χ1) is 16.0. The highest BCUT2D eigenvalue weighted by atomic mass is 16.3. The maximum Gasteiger partial charge on any atom is 0.276 e. The van der Waals surface area contributed by atoms with Crippen LogP contribution in [0.1, 0.15) is 43.0 Å². The summed E-state index contributed by atoms with van der Waals surface area (Å²) in [5, 5.41) is 19.1. The first-order valence-electron chi connectivity index (χ1n) is 11.6. The average Bonchev–Trinajstić information content (AvgIpc) is 3.46. The quantitative estimate of drug-likeness (QED) is 0.514. The van der Waals surface area contributed by atoms with Gasteiger partial charge in [0.2, 0.25) is 0 Å². The van der Waals surface area contributed by atoms with Crippen molar-refractivity contribution in [1.82, 2.24) is 34.3 Å². The van der Waals surface area contributed by atoms with Crippen LogP contribution in [0.3, 0.4) is 0 Å². The Morgan fingerprint density at radius 3 is 2.82 bits per heavy atom. The van der Waals surface area contributed by atoms with Gasteiger partial charge in [0.1, 0.15) is 5.69 Å². The number of β-amino-alcohol motifs (C(OH)–C–C–N with tert-alkyl or cyclic N) is 1. The zero-order valence-electron chi connectivity index (χ0n) is 18.9. The molecule has 1 N–H and O–H groups in total. The Bertz CT molecular complexity index is 1440. The van der Waals surface area contributed by atoms with Crippen LogP contribution in [-0.4, -0.2) is 64.6 Å². The molecule has 33 heavy (non-hydrogen) atoms. The summed E-state index contributed by atoms with van der Waals surface area (Å²) < 4.78 is 3.43. The molecule has 2 aliphatic rings. The van der Waals surface area contributed by atoms with E-state index in [0.29, 0.717) is 23.1 Å². The van der Waals surface area contributed by atoms with Gasteiger partial charge in [0.05, 0.1) is 47.3 Å². The number of likely N-dealkylation sites (tertiary alicyclic amines) is 1. The van der Waals surface area contributed by atoms with E-state index in [2.05, 4.69) is 20.1 Å². The number of hydrogen-bond acceptors (Lipinski definition) is 7. The molecule has 170 valence electrons. The van der Waals surface area contributed by atoms with E-state index < -0.39 is 0 Å². The normalized spacial score (nSPS) is 20.2. The maximum absolute atomic E-state index is 13.3. The van der Waals surface area contributed by atoms with E-state index >= 15 is 0 Å². The summed E-state index contributed by atoms with van der Waals surface area (Å²) in [6.45, 7) is 5.72. The Balaban J connectivity index is 1.34. The largest absolute Gasteiger partial charge is 0.395 e. The second-order valence-corrected chi connectivity index (χ2v) is 9.47. The van der Waals surface area contributed by atoms with E-state index in [1.807, 2.05) is 38.2 Å². The lowest BCUT2D eigenvalue weighted by atomic mass is 9.95. The number of aromatic nitrogens is 6. The van der Waals surface area contributed by atoms with E-state index in [0.717, 1.165) is 54.8 Å². The molecule has 4 aromatic heterocycles. The first kappa shape index (κ1) is 20.4. The molecule has 1 saturated heterocycles. The minimum Gasteiger partial charge on any atom is -0.395 e. The molecule has 0 amide bonds. The number of pyridine rings is 1. The van der Waals surface area contributed by atoms with Gasteiger partial charge in [-0.3, -0.25) is 9.69 Å². The number of hydrogen-bond donors (Lipinski definition) is 1. The summed E-state index contributed by atoms with van der Waals surface area (Å²) in [5.74, 6) is 0.